The van der Waals surface area contributed by atoms with Crippen molar-refractivity contribution in [3.8, 4) is 0 Å². The van der Waals surface area contributed by atoms with Crippen LogP contribution in [0.2, 0.25) is 0 Å². The van der Waals surface area contributed by atoms with Gasteiger partial charge in [-0.1, -0.05) is 48.5 Å². The average Bonchev–Trinajstić information content (AvgIpc) is 3.36. The lowest BCUT2D eigenvalue weighted by molar-refractivity contribution is -0.140. The molecule has 1 aromatic heterocycles. The van der Waals surface area contributed by atoms with Crippen molar-refractivity contribution < 1.29 is 9.59 Å². The number of carbonyl (C=O) groups is 2. The van der Waals surface area contributed by atoms with Gasteiger partial charge < -0.3 is 19.7 Å². The number of nitrogens with one attached hydrogen (secondary N) is 1. The molecule has 39 heavy (non-hydrogen) atoms. The van der Waals surface area contributed by atoms with Crippen LogP contribution in [0.3, 0.4) is 0 Å². The van der Waals surface area contributed by atoms with Crippen LogP contribution in [0.25, 0.3) is 10.9 Å². The van der Waals surface area contributed by atoms with Crippen LogP contribution in [0, 0.1) is 0 Å². The lowest BCUT2D eigenvalue weighted by Gasteiger charge is -2.30. The highest BCUT2D eigenvalue weighted by Crippen LogP contribution is 2.21. The quantitative estimate of drug-likeness (QED) is 0.229. The zero-order valence-electron chi connectivity index (χ0n) is 23.3. The Bertz CT molecular complexity index is 1370. The van der Waals surface area contributed by atoms with E-state index in [0.717, 1.165) is 28.1 Å². The molecule has 0 saturated heterocycles. The Morgan fingerprint density at radius 1 is 0.872 bits per heavy atom. The first-order valence-electron chi connectivity index (χ1n) is 13.4. The number of aromatic amines is 1. The van der Waals surface area contributed by atoms with Crippen molar-refractivity contribution in [2.24, 2.45) is 0 Å². The third kappa shape index (κ3) is 7.67. The summed E-state index contributed by atoms with van der Waals surface area (Å²) in [6.07, 6.45) is 2.76. The molecule has 0 aliphatic carbocycles. The van der Waals surface area contributed by atoms with Gasteiger partial charge in [0.25, 0.3) is 0 Å². The van der Waals surface area contributed by atoms with E-state index in [1.54, 1.807) is 4.90 Å². The van der Waals surface area contributed by atoms with Gasteiger partial charge in [0, 0.05) is 60.9 Å². The Hall–Kier alpha value is -3.71. The number of hydrogen-bond donors (Lipinski definition) is 1. The summed E-state index contributed by atoms with van der Waals surface area (Å²) in [6.45, 7) is 5.06. The van der Waals surface area contributed by atoms with Crippen molar-refractivity contribution in [3.63, 3.8) is 0 Å². The van der Waals surface area contributed by atoms with Crippen molar-refractivity contribution in [1.82, 2.24) is 14.8 Å². The summed E-state index contributed by atoms with van der Waals surface area (Å²) in [4.78, 5) is 37.0. The van der Waals surface area contributed by atoms with E-state index in [-0.39, 0.29) is 24.4 Å². The van der Waals surface area contributed by atoms with E-state index in [9.17, 15) is 9.59 Å². The van der Waals surface area contributed by atoms with Gasteiger partial charge in [-0.25, -0.2) is 0 Å². The zero-order chi connectivity index (χ0) is 27.8. The molecule has 4 aromatic rings. The fraction of sp³-hybridized carbons (Fsp3) is 0.312. The molecular weight excluding hydrogens is 504 g/mol. The maximum absolute atomic E-state index is 13.7. The third-order valence-corrected chi connectivity index (χ3v) is 7.86. The SMILES string of the molecule is CC(C)N(CC(=O)N(CCc1c[nH]c2ccccc12)Cc1ccc(N(C)C)cc1)C(=O)CSc1ccccc1. The standard InChI is InChI=1S/C32H38N4O2S/c1-24(2)36(32(38)23-39-28-10-6-5-7-11-28)22-31(37)35(21-25-14-16-27(17-15-25)34(3)4)19-18-26-20-33-30-13-9-8-12-29(26)30/h5-17,20,24,33H,18-19,21-23H2,1-4H3. The number of aromatic nitrogens is 1. The number of benzene rings is 3. The van der Waals surface area contributed by atoms with Gasteiger partial charge in [-0.2, -0.15) is 0 Å². The second kappa shape index (κ2) is 13.4. The molecule has 2 amide bonds. The van der Waals surface area contributed by atoms with Crippen molar-refractivity contribution in [2.75, 3.05) is 37.8 Å². The van der Waals surface area contributed by atoms with E-state index in [4.69, 9.17) is 0 Å². The van der Waals surface area contributed by atoms with Gasteiger partial charge in [0.05, 0.1) is 5.75 Å². The number of para-hydroxylation sites is 1. The molecule has 3 aromatic carbocycles. The number of thioether (sulfide) groups is 1. The number of amides is 2. The molecule has 0 aliphatic rings. The van der Waals surface area contributed by atoms with Gasteiger partial charge >= 0.3 is 0 Å². The van der Waals surface area contributed by atoms with Crippen LogP contribution >= 0.6 is 11.8 Å². The number of nitrogens with zero attached hydrogens (tertiary/aromatic N) is 3. The Labute approximate surface area is 236 Å². The van der Waals surface area contributed by atoms with Crippen molar-refractivity contribution in [3.05, 3.63) is 96.2 Å². The Morgan fingerprint density at radius 3 is 2.26 bits per heavy atom. The van der Waals surface area contributed by atoms with E-state index in [0.29, 0.717) is 18.8 Å². The van der Waals surface area contributed by atoms with Crippen LogP contribution in [-0.2, 0) is 22.6 Å². The van der Waals surface area contributed by atoms with Crippen LogP contribution < -0.4 is 4.90 Å². The van der Waals surface area contributed by atoms with Crippen LogP contribution in [0.5, 0.6) is 0 Å². The summed E-state index contributed by atoms with van der Waals surface area (Å²) in [5.41, 5.74) is 4.46. The van der Waals surface area contributed by atoms with Gasteiger partial charge in [0.15, 0.2) is 0 Å². The molecule has 0 aliphatic heterocycles. The number of rotatable bonds is 12. The third-order valence-electron chi connectivity index (χ3n) is 6.86. The molecule has 1 heterocycles. The lowest BCUT2D eigenvalue weighted by atomic mass is 10.1. The summed E-state index contributed by atoms with van der Waals surface area (Å²) in [5.74, 6) is 0.231. The van der Waals surface area contributed by atoms with Crippen molar-refractivity contribution in [2.45, 2.75) is 37.8 Å². The summed E-state index contributed by atoms with van der Waals surface area (Å²) >= 11 is 1.50. The minimum Gasteiger partial charge on any atom is -0.378 e. The zero-order valence-corrected chi connectivity index (χ0v) is 24.1. The molecule has 0 radical (unpaired) electrons. The molecule has 7 heteroatoms. The summed E-state index contributed by atoms with van der Waals surface area (Å²) in [5, 5.41) is 1.18. The summed E-state index contributed by atoms with van der Waals surface area (Å²) < 4.78 is 0. The normalized spacial score (nSPS) is 11.1. The fourth-order valence-corrected chi connectivity index (χ4v) is 5.36. The van der Waals surface area contributed by atoms with E-state index in [1.165, 1.54) is 22.7 Å². The molecule has 4 rings (SSSR count). The van der Waals surface area contributed by atoms with Gasteiger partial charge in [0.2, 0.25) is 11.8 Å². The van der Waals surface area contributed by atoms with Crippen molar-refractivity contribution >= 4 is 40.2 Å². The van der Waals surface area contributed by atoms with Crippen LogP contribution in [0.1, 0.15) is 25.0 Å². The van der Waals surface area contributed by atoms with Gasteiger partial charge in [-0.05, 0) is 61.7 Å². The molecule has 0 unspecified atom stereocenters. The second-order valence-corrected chi connectivity index (χ2v) is 11.3. The molecule has 0 fully saturated rings. The smallest absolute Gasteiger partial charge is 0.242 e. The topological polar surface area (TPSA) is 59.7 Å². The highest BCUT2D eigenvalue weighted by atomic mass is 32.2. The van der Waals surface area contributed by atoms with E-state index < -0.39 is 0 Å². The maximum Gasteiger partial charge on any atom is 0.242 e. The van der Waals surface area contributed by atoms with E-state index in [1.807, 2.05) is 81.5 Å². The summed E-state index contributed by atoms with van der Waals surface area (Å²) in [7, 11) is 4.03. The number of carbonyl (C=O) groups excluding carboxylic acids is 2. The Morgan fingerprint density at radius 2 is 1.56 bits per heavy atom. The minimum atomic E-state index is -0.0762. The number of anilines is 1. The second-order valence-electron chi connectivity index (χ2n) is 10.2. The minimum absolute atomic E-state index is 0.0286. The van der Waals surface area contributed by atoms with E-state index in [2.05, 4.69) is 46.3 Å². The largest absolute Gasteiger partial charge is 0.378 e. The average molecular weight is 543 g/mol. The highest BCUT2D eigenvalue weighted by molar-refractivity contribution is 8.00. The maximum atomic E-state index is 13.7. The van der Waals surface area contributed by atoms with Gasteiger partial charge in [0.1, 0.15) is 6.54 Å². The molecule has 204 valence electrons. The molecular formula is C32H38N4O2S. The van der Waals surface area contributed by atoms with E-state index >= 15 is 0 Å². The Kier molecular flexibility index (Phi) is 9.71. The van der Waals surface area contributed by atoms with Crippen molar-refractivity contribution in [1.29, 1.82) is 0 Å². The first-order valence-corrected chi connectivity index (χ1v) is 14.4. The molecule has 1 N–H and O–H groups in total. The molecule has 0 spiro atoms. The first-order chi connectivity index (χ1) is 18.8. The fourth-order valence-electron chi connectivity index (χ4n) is 4.55. The van der Waals surface area contributed by atoms with Gasteiger partial charge in [-0.3, -0.25) is 9.59 Å². The number of H-pyrrole nitrogens is 1. The number of fused-ring (bicyclic) bond motifs is 1. The highest BCUT2D eigenvalue weighted by Gasteiger charge is 2.24. The molecule has 6 nitrogen and oxygen atoms in total. The lowest BCUT2D eigenvalue weighted by Crippen LogP contribution is -2.46. The number of hydrogen-bond acceptors (Lipinski definition) is 4. The van der Waals surface area contributed by atoms with Crippen LogP contribution in [0.15, 0.2) is 90.0 Å². The molecule has 0 bridgehead atoms. The molecule has 0 saturated carbocycles. The monoisotopic (exact) mass is 542 g/mol. The first kappa shape index (κ1) is 28.3. The molecule has 0 atom stereocenters. The Balaban J connectivity index is 1.48. The predicted molar refractivity (Wildman–Crippen MR) is 162 cm³/mol. The van der Waals surface area contributed by atoms with Crippen LogP contribution in [0.4, 0.5) is 5.69 Å². The van der Waals surface area contributed by atoms with Gasteiger partial charge in [-0.15, -0.1) is 11.8 Å². The predicted octanol–water partition coefficient (Wildman–Crippen LogP) is 5.83. The van der Waals surface area contributed by atoms with Crippen LogP contribution in [-0.4, -0.2) is 65.6 Å². The summed E-state index contributed by atoms with van der Waals surface area (Å²) in [6, 6.07) is 26.3.